The summed E-state index contributed by atoms with van der Waals surface area (Å²) in [6.45, 7) is 5.30. The number of thioether (sulfide) groups is 1. The highest BCUT2D eigenvalue weighted by Crippen LogP contribution is 2.28. The minimum Gasteiger partial charge on any atom is -0.465 e. The normalized spacial score (nSPS) is 12.2. The lowest BCUT2D eigenvalue weighted by molar-refractivity contribution is 0.0599. The number of ketones is 1. The van der Waals surface area contributed by atoms with Gasteiger partial charge in [-0.15, -0.1) is 10.2 Å². The van der Waals surface area contributed by atoms with Crippen molar-refractivity contribution in [2.45, 2.75) is 30.4 Å². The third-order valence-corrected chi connectivity index (χ3v) is 4.97. The van der Waals surface area contributed by atoms with Gasteiger partial charge in [-0.05, 0) is 26.3 Å². The van der Waals surface area contributed by atoms with Crippen molar-refractivity contribution in [3.63, 3.8) is 0 Å². The van der Waals surface area contributed by atoms with Gasteiger partial charge in [0, 0.05) is 5.69 Å². The first-order valence-electron chi connectivity index (χ1n) is 6.20. The lowest BCUT2D eigenvalue weighted by atomic mass is 10.1. The number of carbonyl (C=O) groups is 2. The summed E-state index contributed by atoms with van der Waals surface area (Å²) >= 11 is 2.74. The van der Waals surface area contributed by atoms with Crippen LogP contribution in [0.5, 0.6) is 0 Å². The van der Waals surface area contributed by atoms with Crippen molar-refractivity contribution >= 4 is 34.9 Å². The molecule has 0 fully saturated rings. The molecule has 0 bridgehead atoms. The first-order valence-corrected chi connectivity index (χ1v) is 7.96. The van der Waals surface area contributed by atoms with E-state index in [4.69, 9.17) is 4.74 Å². The van der Waals surface area contributed by atoms with Crippen LogP contribution in [0.25, 0.3) is 0 Å². The van der Waals surface area contributed by atoms with Crippen LogP contribution >= 0.6 is 23.1 Å². The number of nitrogens with one attached hydrogen (secondary N) is 1. The summed E-state index contributed by atoms with van der Waals surface area (Å²) < 4.78 is 5.49. The smallest absolute Gasteiger partial charge is 0.339 e. The number of hydrogen-bond acceptors (Lipinski definition) is 7. The first kappa shape index (κ1) is 15.7. The van der Waals surface area contributed by atoms with Crippen molar-refractivity contribution in [2.24, 2.45) is 0 Å². The standard InChI is InChI=1S/C13H15N3O3S2/c1-6-9(12(18)19-4)7(2)15-10(6)11(17)8(3)21-13-16-14-5-20-13/h5,8,15H,1-4H3/t8-/m1/s1. The second-order valence-electron chi connectivity index (χ2n) is 4.45. The molecule has 0 saturated heterocycles. The predicted octanol–water partition coefficient (Wildman–Crippen LogP) is 2.63. The van der Waals surface area contributed by atoms with Gasteiger partial charge in [-0.1, -0.05) is 23.1 Å². The van der Waals surface area contributed by atoms with Gasteiger partial charge < -0.3 is 9.72 Å². The van der Waals surface area contributed by atoms with Gasteiger partial charge in [0.25, 0.3) is 0 Å². The Hall–Kier alpha value is -1.67. The summed E-state index contributed by atoms with van der Waals surface area (Å²) in [6, 6.07) is 0. The van der Waals surface area contributed by atoms with Crippen molar-refractivity contribution in [3.05, 3.63) is 28.0 Å². The summed E-state index contributed by atoms with van der Waals surface area (Å²) in [4.78, 5) is 27.3. The molecule has 6 nitrogen and oxygen atoms in total. The first-order chi connectivity index (χ1) is 9.95. The van der Waals surface area contributed by atoms with Gasteiger partial charge in [0.2, 0.25) is 0 Å². The summed E-state index contributed by atoms with van der Waals surface area (Å²) in [5.74, 6) is -0.518. The van der Waals surface area contributed by atoms with Crippen LogP contribution in [0, 0.1) is 13.8 Å². The lowest BCUT2D eigenvalue weighted by Gasteiger charge is -2.07. The van der Waals surface area contributed by atoms with Crippen LogP contribution in [0.15, 0.2) is 9.85 Å². The number of ether oxygens (including phenoxy) is 1. The van der Waals surface area contributed by atoms with Gasteiger partial charge >= 0.3 is 5.97 Å². The Morgan fingerprint density at radius 2 is 2.14 bits per heavy atom. The van der Waals surface area contributed by atoms with E-state index in [-0.39, 0.29) is 11.0 Å². The van der Waals surface area contributed by atoms with Crippen molar-refractivity contribution in [1.29, 1.82) is 0 Å². The highest BCUT2D eigenvalue weighted by molar-refractivity contribution is 8.02. The van der Waals surface area contributed by atoms with Crippen LogP contribution in [-0.2, 0) is 4.74 Å². The molecule has 112 valence electrons. The van der Waals surface area contributed by atoms with Gasteiger partial charge in [-0.25, -0.2) is 4.79 Å². The van der Waals surface area contributed by atoms with Crippen molar-refractivity contribution < 1.29 is 14.3 Å². The van der Waals surface area contributed by atoms with Crippen LogP contribution in [0.4, 0.5) is 0 Å². The van der Waals surface area contributed by atoms with Gasteiger partial charge in [-0.3, -0.25) is 4.79 Å². The molecule has 0 saturated carbocycles. The quantitative estimate of drug-likeness (QED) is 0.517. The number of H-pyrrole nitrogens is 1. The molecule has 0 aliphatic heterocycles. The zero-order valence-electron chi connectivity index (χ0n) is 12.1. The predicted molar refractivity (Wildman–Crippen MR) is 81.2 cm³/mol. The minimum absolute atomic E-state index is 0.0778. The molecule has 0 aromatic carbocycles. The molecule has 0 amide bonds. The third kappa shape index (κ3) is 3.16. The van der Waals surface area contributed by atoms with Gasteiger partial charge in [0.05, 0.1) is 23.6 Å². The number of carbonyl (C=O) groups excluding carboxylic acids is 2. The molecule has 1 atom stereocenters. The Kier molecular flexibility index (Phi) is 4.79. The molecule has 8 heteroatoms. The monoisotopic (exact) mass is 325 g/mol. The molecule has 2 aromatic heterocycles. The molecule has 0 radical (unpaired) electrons. The maximum atomic E-state index is 12.5. The fourth-order valence-electron chi connectivity index (χ4n) is 2.03. The number of aromatic nitrogens is 3. The molecule has 0 aliphatic carbocycles. The molecule has 2 rings (SSSR count). The molecule has 0 spiro atoms. The van der Waals surface area contributed by atoms with Gasteiger partial charge in [0.1, 0.15) is 5.51 Å². The minimum atomic E-state index is -0.440. The summed E-state index contributed by atoms with van der Waals surface area (Å²) in [5, 5.41) is 7.34. The molecular weight excluding hydrogens is 310 g/mol. The van der Waals surface area contributed by atoms with E-state index in [9.17, 15) is 9.59 Å². The number of rotatable bonds is 5. The number of aromatic amines is 1. The van der Waals surface area contributed by atoms with E-state index in [1.807, 2.05) is 6.92 Å². The van der Waals surface area contributed by atoms with E-state index in [2.05, 4.69) is 15.2 Å². The molecular formula is C13H15N3O3S2. The largest absolute Gasteiger partial charge is 0.465 e. The average molecular weight is 325 g/mol. The molecule has 0 aliphatic rings. The van der Waals surface area contributed by atoms with Crippen molar-refractivity contribution in [1.82, 2.24) is 15.2 Å². The zero-order valence-corrected chi connectivity index (χ0v) is 13.7. The fraction of sp³-hybridized carbons (Fsp3) is 0.385. The van der Waals surface area contributed by atoms with E-state index in [1.165, 1.54) is 30.2 Å². The average Bonchev–Trinajstić information content (AvgIpc) is 3.05. The zero-order chi connectivity index (χ0) is 15.6. The Morgan fingerprint density at radius 1 is 1.43 bits per heavy atom. The molecule has 2 aromatic rings. The SMILES string of the molecule is COC(=O)c1c(C)[nH]c(C(=O)[C@@H](C)Sc2nncs2)c1C. The van der Waals surface area contributed by atoms with E-state index >= 15 is 0 Å². The Labute approximate surface area is 130 Å². The van der Waals surface area contributed by atoms with Crippen LogP contribution < -0.4 is 0 Å². The lowest BCUT2D eigenvalue weighted by Crippen LogP contribution is -2.15. The van der Waals surface area contributed by atoms with E-state index < -0.39 is 5.97 Å². The van der Waals surface area contributed by atoms with Gasteiger partial charge in [0.15, 0.2) is 10.1 Å². The van der Waals surface area contributed by atoms with Gasteiger partial charge in [-0.2, -0.15) is 0 Å². The second kappa shape index (κ2) is 6.40. The second-order valence-corrected chi connectivity index (χ2v) is 6.87. The fourth-order valence-corrected chi connectivity index (χ4v) is 3.71. The van der Waals surface area contributed by atoms with Crippen LogP contribution in [0.2, 0.25) is 0 Å². The highest BCUT2D eigenvalue weighted by Gasteiger charge is 2.26. The van der Waals surface area contributed by atoms with E-state index in [0.717, 1.165) is 4.34 Å². The van der Waals surface area contributed by atoms with E-state index in [0.29, 0.717) is 22.5 Å². The third-order valence-electron chi connectivity index (χ3n) is 3.06. The number of Topliss-reactive ketones (excluding diaryl/α,β-unsaturated/α-hetero) is 1. The molecule has 21 heavy (non-hydrogen) atoms. The number of aryl methyl sites for hydroxylation is 1. The molecule has 0 unspecified atom stereocenters. The highest BCUT2D eigenvalue weighted by atomic mass is 32.2. The van der Waals surface area contributed by atoms with E-state index in [1.54, 1.807) is 19.4 Å². The number of nitrogens with zero attached hydrogens (tertiary/aromatic N) is 2. The number of esters is 1. The summed E-state index contributed by atoms with van der Waals surface area (Å²) in [5.41, 5.74) is 3.75. The van der Waals surface area contributed by atoms with Crippen LogP contribution in [0.1, 0.15) is 39.0 Å². The molecule has 2 heterocycles. The number of hydrogen-bond donors (Lipinski definition) is 1. The maximum Gasteiger partial charge on any atom is 0.339 e. The Balaban J connectivity index is 2.25. The van der Waals surface area contributed by atoms with Crippen LogP contribution in [0.3, 0.4) is 0 Å². The molecule has 1 N–H and O–H groups in total. The topological polar surface area (TPSA) is 84.9 Å². The summed E-state index contributed by atoms with van der Waals surface area (Å²) in [7, 11) is 1.32. The van der Waals surface area contributed by atoms with Crippen molar-refractivity contribution in [2.75, 3.05) is 7.11 Å². The van der Waals surface area contributed by atoms with Crippen LogP contribution in [-0.4, -0.2) is 39.3 Å². The number of methoxy groups -OCH3 is 1. The Morgan fingerprint density at radius 3 is 2.71 bits per heavy atom. The van der Waals surface area contributed by atoms with Crippen molar-refractivity contribution in [3.8, 4) is 0 Å². The summed E-state index contributed by atoms with van der Waals surface area (Å²) in [6.07, 6.45) is 0. The Bertz CT molecular complexity index is 665. The maximum absolute atomic E-state index is 12.5.